The average molecular weight is 150 g/mol. The Balaban J connectivity index is 2.86. The van der Waals surface area contributed by atoms with Crippen LogP contribution < -0.4 is 5.73 Å². The molecule has 2 N–H and O–H groups in total. The molecule has 0 aromatic heterocycles. The quantitative estimate of drug-likeness (QED) is 0.667. The fourth-order valence-corrected chi connectivity index (χ4v) is 0.838. The molecule has 11 heavy (non-hydrogen) atoms. The van der Waals surface area contributed by atoms with Gasteiger partial charge in [0.15, 0.2) is 5.75 Å². The van der Waals surface area contributed by atoms with Crippen LogP contribution in [-0.4, -0.2) is 5.91 Å². The minimum absolute atomic E-state index is 0.0275. The van der Waals surface area contributed by atoms with Crippen molar-refractivity contribution in [1.29, 1.82) is 0 Å². The molecule has 3 heteroatoms. The molecule has 0 spiro atoms. The van der Waals surface area contributed by atoms with E-state index in [1.165, 1.54) is 6.07 Å². The zero-order valence-corrected chi connectivity index (χ0v) is 5.91. The van der Waals surface area contributed by atoms with Crippen LogP contribution in [0.15, 0.2) is 24.3 Å². The molecular weight excluding hydrogens is 142 g/mol. The molecule has 0 aliphatic carbocycles. The van der Waals surface area contributed by atoms with Gasteiger partial charge in [-0.15, -0.1) is 0 Å². The molecule has 0 unspecified atom stereocenters. The van der Waals surface area contributed by atoms with E-state index in [-0.39, 0.29) is 12.2 Å². The topological polar surface area (TPSA) is 63.0 Å². The second-order valence-corrected chi connectivity index (χ2v) is 2.25. The van der Waals surface area contributed by atoms with Crippen LogP contribution in [0.1, 0.15) is 5.56 Å². The largest absolute Gasteiger partial charge is 0.369 e. The van der Waals surface area contributed by atoms with E-state index in [0.29, 0.717) is 5.56 Å². The lowest BCUT2D eigenvalue weighted by Gasteiger charge is -1.96. The summed E-state index contributed by atoms with van der Waals surface area (Å²) in [5, 5.41) is 10.9. The Kier molecular flexibility index (Phi) is 2.11. The summed E-state index contributed by atoms with van der Waals surface area (Å²) in [5.74, 6) is -0.611. The van der Waals surface area contributed by atoms with Crippen LogP contribution in [0, 0.1) is 0 Å². The van der Waals surface area contributed by atoms with Gasteiger partial charge in [0, 0.05) is 5.56 Å². The van der Waals surface area contributed by atoms with Gasteiger partial charge in [0.1, 0.15) is 0 Å². The van der Waals surface area contributed by atoms with Crippen LogP contribution in [0.4, 0.5) is 0 Å². The standard InChI is InChI=1S/C8H8NO2/c9-8(11)5-6-3-1-2-4-7(6)10/h1-4H,5H2,(H2,9,11). The lowest BCUT2D eigenvalue weighted by molar-refractivity contribution is -0.117. The number of primary amides is 1. The Morgan fingerprint density at radius 3 is 2.55 bits per heavy atom. The van der Waals surface area contributed by atoms with Crippen LogP contribution in [0.3, 0.4) is 0 Å². The van der Waals surface area contributed by atoms with Crippen molar-refractivity contribution >= 4 is 5.91 Å². The molecule has 57 valence electrons. The number of carbonyl (C=O) groups excluding carboxylic acids is 1. The molecule has 0 aliphatic rings. The maximum Gasteiger partial charge on any atom is 0.221 e. The SMILES string of the molecule is NC(=O)Cc1ccccc1[O]. The predicted octanol–water partition coefficient (Wildman–Crippen LogP) is 0.858. The summed E-state index contributed by atoms with van der Waals surface area (Å²) in [6.45, 7) is 0. The molecule has 0 aliphatic heterocycles. The van der Waals surface area contributed by atoms with Gasteiger partial charge < -0.3 is 5.73 Å². The fourth-order valence-electron chi connectivity index (χ4n) is 0.838. The molecule has 0 atom stereocenters. The second kappa shape index (κ2) is 3.05. The van der Waals surface area contributed by atoms with Crippen molar-refractivity contribution in [1.82, 2.24) is 0 Å². The van der Waals surface area contributed by atoms with Gasteiger partial charge in [-0.2, -0.15) is 0 Å². The van der Waals surface area contributed by atoms with Gasteiger partial charge >= 0.3 is 0 Å². The molecule has 0 fully saturated rings. The maximum absolute atomic E-state index is 10.9. The molecule has 0 saturated carbocycles. The van der Waals surface area contributed by atoms with Crippen molar-refractivity contribution in [3.63, 3.8) is 0 Å². The average Bonchev–Trinajstić information content (AvgIpc) is 1.93. The van der Waals surface area contributed by atoms with Crippen molar-refractivity contribution in [2.24, 2.45) is 5.73 Å². The fraction of sp³-hybridized carbons (Fsp3) is 0.125. The second-order valence-electron chi connectivity index (χ2n) is 2.25. The van der Waals surface area contributed by atoms with Crippen molar-refractivity contribution in [3.8, 4) is 5.75 Å². The first-order chi connectivity index (χ1) is 5.20. The van der Waals surface area contributed by atoms with Gasteiger partial charge in [0.05, 0.1) is 6.42 Å². The molecule has 0 saturated heterocycles. The molecule has 3 nitrogen and oxygen atoms in total. The number of carbonyl (C=O) groups is 1. The summed E-state index contributed by atoms with van der Waals surface area (Å²) in [4.78, 5) is 10.4. The molecule has 1 rings (SSSR count). The van der Waals surface area contributed by atoms with Crippen LogP contribution in [0.2, 0.25) is 0 Å². The van der Waals surface area contributed by atoms with E-state index in [2.05, 4.69) is 0 Å². The molecule has 0 bridgehead atoms. The zero-order chi connectivity index (χ0) is 8.27. The normalized spacial score (nSPS) is 9.45. The summed E-state index contributed by atoms with van der Waals surface area (Å²) < 4.78 is 0. The summed E-state index contributed by atoms with van der Waals surface area (Å²) in [6, 6.07) is 6.36. The zero-order valence-electron chi connectivity index (χ0n) is 5.91. The van der Waals surface area contributed by atoms with Gasteiger partial charge in [-0.05, 0) is 6.07 Å². The highest BCUT2D eigenvalue weighted by atomic mass is 16.3. The van der Waals surface area contributed by atoms with E-state index in [4.69, 9.17) is 5.73 Å². The number of amides is 1. The monoisotopic (exact) mass is 150 g/mol. The van der Waals surface area contributed by atoms with Crippen molar-refractivity contribution in [2.75, 3.05) is 0 Å². The summed E-state index contributed by atoms with van der Waals surface area (Å²) >= 11 is 0. The molecule has 1 aromatic carbocycles. The molecular formula is C8H8NO2. The van der Waals surface area contributed by atoms with Crippen molar-refractivity contribution in [2.45, 2.75) is 6.42 Å². The third kappa shape index (κ3) is 1.97. The van der Waals surface area contributed by atoms with Crippen molar-refractivity contribution in [3.05, 3.63) is 29.8 Å². The Hall–Kier alpha value is -1.51. The molecule has 1 radical (unpaired) electrons. The number of rotatable bonds is 2. The first kappa shape index (κ1) is 7.60. The van der Waals surface area contributed by atoms with E-state index in [1.54, 1.807) is 18.2 Å². The highest BCUT2D eigenvalue weighted by Crippen LogP contribution is 2.16. The Morgan fingerprint density at radius 2 is 2.00 bits per heavy atom. The maximum atomic E-state index is 10.9. The predicted molar refractivity (Wildman–Crippen MR) is 39.5 cm³/mol. The smallest absolute Gasteiger partial charge is 0.221 e. The third-order valence-corrected chi connectivity index (χ3v) is 1.34. The first-order valence-corrected chi connectivity index (χ1v) is 3.23. The minimum Gasteiger partial charge on any atom is -0.369 e. The van der Waals surface area contributed by atoms with Gasteiger partial charge in [-0.3, -0.25) is 9.90 Å². The van der Waals surface area contributed by atoms with E-state index >= 15 is 0 Å². The number of benzene rings is 1. The number of hydrogen-bond acceptors (Lipinski definition) is 1. The molecule has 1 amide bonds. The van der Waals surface area contributed by atoms with Crippen LogP contribution in [-0.2, 0) is 16.3 Å². The first-order valence-electron chi connectivity index (χ1n) is 3.23. The highest BCUT2D eigenvalue weighted by Gasteiger charge is 2.03. The lowest BCUT2D eigenvalue weighted by atomic mass is 10.1. The van der Waals surface area contributed by atoms with Gasteiger partial charge in [0.2, 0.25) is 5.91 Å². The van der Waals surface area contributed by atoms with Gasteiger partial charge in [-0.25, -0.2) is 0 Å². The van der Waals surface area contributed by atoms with E-state index in [1.807, 2.05) is 0 Å². The van der Waals surface area contributed by atoms with E-state index in [0.717, 1.165) is 0 Å². The van der Waals surface area contributed by atoms with E-state index in [9.17, 15) is 9.90 Å². The number of hydrogen-bond donors (Lipinski definition) is 1. The number of para-hydroxylation sites is 1. The van der Waals surface area contributed by atoms with Crippen LogP contribution >= 0.6 is 0 Å². The molecule has 1 aromatic rings. The summed E-state index contributed by atoms with van der Waals surface area (Å²) in [6.07, 6.45) is 0.0275. The minimum atomic E-state index is -0.478. The Morgan fingerprint density at radius 1 is 1.36 bits per heavy atom. The van der Waals surface area contributed by atoms with Crippen molar-refractivity contribution < 1.29 is 9.90 Å². The van der Waals surface area contributed by atoms with E-state index < -0.39 is 5.91 Å². The molecule has 0 heterocycles. The Labute approximate surface area is 64.5 Å². The Bertz CT molecular complexity index is 271. The third-order valence-electron chi connectivity index (χ3n) is 1.34. The van der Waals surface area contributed by atoms with Gasteiger partial charge in [-0.1, -0.05) is 18.2 Å². The highest BCUT2D eigenvalue weighted by molar-refractivity contribution is 5.77. The lowest BCUT2D eigenvalue weighted by Crippen LogP contribution is -2.13. The summed E-state index contributed by atoms with van der Waals surface area (Å²) in [7, 11) is 0. The summed E-state index contributed by atoms with van der Waals surface area (Å²) in [5.41, 5.74) is 5.37. The van der Waals surface area contributed by atoms with Crippen LogP contribution in [0.5, 0.6) is 5.75 Å². The van der Waals surface area contributed by atoms with Gasteiger partial charge in [0.25, 0.3) is 0 Å². The van der Waals surface area contributed by atoms with Crippen LogP contribution in [0.25, 0.3) is 0 Å². The number of nitrogens with two attached hydrogens (primary N) is 1.